The van der Waals surface area contributed by atoms with Gasteiger partial charge in [-0.3, -0.25) is 0 Å². The fraction of sp³-hybridized carbons (Fsp3) is 0.200. The van der Waals surface area contributed by atoms with E-state index in [-0.39, 0.29) is 6.04 Å². The van der Waals surface area contributed by atoms with E-state index in [2.05, 4.69) is 76.0 Å². The number of benzene rings is 2. The molecule has 3 heteroatoms. The van der Waals surface area contributed by atoms with Gasteiger partial charge in [-0.15, -0.1) is 0 Å². The molecule has 0 spiro atoms. The van der Waals surface area contributed by atoms with Gasteiger partial charge >= 0.3 is 0 Å². The Morgan fingerprint density at radius 1 is 0.778 bits per heavy atom. The monoisotopic (exact) mass is 367 g/mol. The van der Waals surface area contributed by atoms with Crippen molar-refractivity contribution in [2.24, 2.45) is 5.73 Å². The lowest BCUT2D eigenvalue weighted by Gasteiger charge is -2.15. The second kappa shape index (κ2) is 5.55. The van der Waals surface area contributed by atoms with Gasteiger partial charge in [0.25, 0.3) is 0 Å². The molecule has 0 heterocycles. The average Bonchev–Trinajstić information content (AvgIpc) is 2.25. The standard InChI is InChI=1S/C15H15Br2N/c1-9-3-10(2)5-11(4-9)15(18)12-6-13(16)8-14(17)7-12/h3-8,15H,18H2,1-2H3. The highest BCUT2D eigenvalue weighted by molar-refractivity contribution is 9.11. The first-order valence-corrected chi connectivity index (χ1v) is 7.34. The van der Waals surface area contributed by atoms with E-state index < -0.39 is 0 Å². The van der Waals surface area contributed by atoms with E-state index in [1.807, 2.05) is 6.07 Å². The van der Waals surface area contributed by atoms with Crippen LogP contribution in [-0.2, 0) is 0 Å². The largest absolute Gasteiger partial charge is 0.320 e. The SMILES string of the molecule is Cc1cc(C)cc(C(N)c2cc(Br)cc(Br)c2)c1. The molecule has 0 saturated heterocycles. The summed E-state index contributed by atoms with van der Waals surface area (Å²) in [5.41, 5.74) is 11.1. The van der Waals surface area contributed by atoms with Crippen LogP contribution in [0.4, 0.5) is 0 Å². The van der Waals surface area contributed by atoms with E-state index >= 15 is 0 Å². The number of halogens is 2. The minimum Gasteiger partial charge on any atom is -0.320 e. The third kappa shape index (κ3) is 3.22. The Kier molecular flexibility index (Phi) is 4.25. The van der Waals surface area contributed by atoms with Crippen LogP contribution in [-0.4, -0.2) is 0 Å². The Morgan fingerprint density at radius 3 is 1.72 bits per heavy atom. The van der Waals surface area contributed by atoms with Gasteiger partial charge in [0.2, 0.25) is 0 Å². The van der Waals surface area contributed by atoms with Crippen molar-refractivity contribution in [1.82, 2.24) is 0 Å². The Bertz CT molecular complexity index is 487. The highest BCUT2D eigenvalue weighted by atomic mass is 79.9. The normalized spacial score (nSPS) is 12.5. The molecule has 2 aromatic carbocycles. The highest BCUT2D eigenvalue weighted by Crippen LogP contribution is 2.27. The van der Waals surface area contributed by atoms with Crippen molar-refractivity contribution in [3.8, 4) is 0 Å². The maximum Gasteiger partial charge on any atom is 0.0552 e. The van der Waals surface area contributed by atoms with Crippen molar-refractivity contribution in [2.45, 2.75) is 19.9 Å². The van der Waals surface area contributed by atoms with E-state index in [1.165, 1.54) is 11.1 Å². The van der Waals surface area contributed by atoms with Crippen LogP contribution in [0.2, 0.25) is 0 Å². The lowest BCUT2D eigenvalue weighted by molar-refractivity contribution is 0.866. The molecule has 0 bridgehead atoms. The number of nitrogens with two attached hydrogens (primary N) is 1. The molecule has 0 aliphatic heterocycles. The van der Waals surface area contributed by atoms with Crippen LogP contribution in [0.15, 0.2) is 45.3 Å². The lowest BCUT2D eigenvalue weighted by Crippen LogP contribution is -2.12. The van der Waals surface area contributed by atoms with Gasteiger partial charge in [0.1, 0.15) is 0 Å². The summed E-state index contributed by atoms with van der Waals surface area (Å²) in [4.78, 5) is 0. The maximum atomic E-state index is 6.35. The van der Waals surface area contributed by atoms with Gasteiger partial charge in [0, 0.05) is 8.95 Å². The Hall–Kier alpha value is -0.640. The summed E-state index contributed by atoms with van der Waals surface area (Å²) in [6, 6.07) is 12.5. The van der Waals surface area contributed by atoms with Gasteiger partial charge in [-0.25, -0.2) is 0 Å². The molecule has 2 N–H and O–H groups in total. The molecule has 18 heavy (non-hydrogen) atoms. The molecular weight excluding hydrogens is 354 g/mol. The van der Waals surface area contributed by atoms with Crippen LogP contribution in [0.25, 0.3) is 0 Å². The molecule has 0 aromatic heterocycles. The second-order valence-corrected chi connectivity index (χ2v) is 6.43. The van der Waals surface area contributed by atoms with E-state index in [1.54, 1.807) is 0 Å². The molecular formula is C15H15Br2N. The molecule has 0 aliphatic rings. The van der Waals surface area contributed by atoms with Gasteiger partial charge in [-0.2, -0.15) is 0 Å². The van der Waals surface area contributed by atoms with E-state index in [0.29, 0.717) is 0 Å². The first-order chi connectivity index (χ1) is 8.45. The molecule has 1 atom stereocenters. The number of aryl methyl sites for hydroxylation is 2. The quantitative estimate of drug-likeness (QED) is 0.803. The van der Waals surface area contributed by atoms with Gasteiger partial charge in [-0.05, 0) is 43.2 Å². The Labute approximate surface area is 125 Å². The third-order valence-corrected chi connectivity index (χ3v) is 3.76. The van der Waals surface area contributed by atoms with Gasteiger partial charge < -0.3 is 5.73 Å². The van der Waals surface area contributed by atoms with Crippen molar-refractivity contribution < 1.29 is 0 Å². The third-order valence-electron chi connectivity index (χ3n) is 2.85. The van der Waals surface area contributed by atoms with Crippen molar-refractivity contribution in [3.63, 3.8) is 0 Å². The fourth-order valence-corrected chi connectivity index (χ4v) is 3.47. The summed E-state index contributed by atoms with van der Waals surface area (Å²) in [5.74, 6) is 0. The van der Waals surface area contributed by atoms with Crippen LogP contribution in [0, 0.1) is 13.8 Å². The molecule has 0 fully saturated rings. The Morgan fingerprint density at radius 2 is 1.22 bits per heavy atom. The first-order valence-electron chi connectivity index (χ1n) is 5.75. The van der Waals surface area contributed by atoms with Gasteiger partial charge in [0.15, 0.2) is 0 Å². The van der Waals surface area contributed by atoms with Crippen LogP contribution >= 0.6 is 31.9 Å². The molecule has 0 aliphatic carbocycles. The highest BCUT2D eigenvalue weighted by Gasteiger charge is 2.11. The van der Waals surface area contributed by atoms with E-state index in [0.717, 1.165) is 20.1 Å². The zero-order chi connectivity index (χ0) is 13.3. The van der Waals surface area contributed by atoms with Gasteiger partial charge in [0.05, 0.1) is 6.04 Å². The maximum absolute atomic E-state index is 6.35. The average molecular weight is 369 g/mol. The van der Waals surface area contributed by atoms with Crippen molar-refractivity contribution in [3.05, 3.63) is 67.6 Å². The van der Waals surface area contributed by atoms with E-state index in [9.17, 15) is 0 Å². The lowest BCUT2D eigenvalue weighted by atomic mass is 9.96. The van der Waals surface area contributed by atoms with E-state index in [4.69, 9.17) is 5.73 Å². The van der Waals surface area contributed by atoms with Crippen molar-refractivity contribution in [1.29, 1.82) is 0 Å². The predicted molar refractivity (Wildman–Crippen MR) is 83.8 cm³/mol. The summed E-state index contributed by atoms with van der Waals surface area (Å²) in [5, 5.41) is 0. The number of hydrogen-bond acceptors (Lipinski definition) is 1. The zero-order valence-electron chi connectivity index (χ0n) is 10.4. The zero-order valence-corrected chi connectivity index (χ0v) is 13.5. The summed E-state index contributed by atoms with van der Waals surface area (Å²) >= 11 is 6.99. The number of hydrogen-bond donors (Lipinski definition) is 1. The molecule has 0 saturated carbocycles. The predicted octanol–water partition coefficient (Wildman–Crippen LogP) is 4.88. The summed E-state index contributed by atoms with van der Waals surface area (Å²) < 4.78 is 2.07. The molecule has 94 valence electrons. The molecule has 1 unspecified atom stereocenters. The minimum absolute atomic E-state index is 0.0996. The summed E-state index contributed by atoms with van der Waals surface area (Å²) in [7, 11) is 0. The molecule has 2 aromatic rings. The van der Waals surface area contributed by atoms with Crippen molar-refractivity contribution in [2.75, 3.05) is 0 Å². The van der Waals surface area contributed by atoms with Gasteiger partial charge in [-0.1, -0.05) is 61.2 Å². The minimum atomic E-state index is -0.0996. The van der Waals surface area contributed by atoms with Crippen LogP contribution in [0.5, 0.6) is 0 Å². The van der Waals surface area contributed by atoms with Crippen LogP contribution in [0.1, 0.15) is 28.3 Å². The van der Waals surface area contributed by atoms with Crippen molar-refractivity contribution >= 4 is 31.9 Å². The topological polar surface area (TPSA) is 26.0 Å². The number of rotatable bonds is 2. The van der Waals surface area contributed by atoms with Crippen LogP contribution in [0.3, 0.4) is 0 Å². The first kappa shape index (κ1) is 13.8. The summed E-state index contributed by atoms with van der Waals surface area (Å²) in [6.45, 7) is 4.19. The van der Waals surface area contributed by atoms with Crippen LogP contribution < -0.4 is 5.73 Å². The molecule has 2 rings (SSSR count). The second-order valence-electron chi connectivity index (χ2n) is 4.60. The molecule has 0 radical (unpaired) electrons. The molecule has 1 nitrogen and oxygen atoms in total. The Balaban J connectivity index is 2.43. The fourth-order valence-electron chi connectivity index (χ4n) is 2.14. The molecule has 0 amide bonds. The smallest absolute Gasteiger partial charge is 0.0552 e. The summed E-state index contributed by atoms with van der Waals surface area (Å²) in [6.07, 6.45) is 0.